The van der Waals surface area contributed by atoms with Crippen molar-refractivity contribution in [2.75, 3.05) is 19.8 Å². The minimum atomic E-state index is -3.49. The van der Waals surface area contributed by atoms with Crippen LogP contribution in [0.1, 0.15) is 31.4 Å². The van der Waals surface area contributed by atoms with Gasteiger partial charge in [-0.05, 0) is 36.5 Å². The summed E-state index contributed by atoms with van der Waals surface area (Å²) in [5.74, 6) is 0.489. The van der Waals surface area contributed by atoms with Crippen molar-refractivity contribution in [1.82, 2.24) is 4.72 Å². The fourth-order valence-electron chi connectivity index (χ4n) is 1.95. The number of nitrogens with one attached hydrogen (secondary N) is 1. The molecular weight excluding hydrogens is 288 g/mol. The fourth-order valence-corrected chi connectivity index (χ4v) is 3.31. The van der Waals surface area contributed by atoms with Gasteiger partial charge in [-0.1, -0.05) is 26.0 Å². The van der Waals surface area contributed by atoms with E-state index in [9.17, 15) is 8.42 Å². The Kier molecular flexibility index (Phi) is 7.31. The molecule has 120 valence electrons. The molecule has 0 aliphatic carbocycles. The first-order valence-electron chi connectivity index (χ1n) is 7.24. The summed E-state index contributed by atoms with van der Waals surface area (Å²) in [5, 5.41) is 0. The van der Waals surface area contributed by atoms with Crippen LogP contribution in [-0.4, -0.2) is 28.2 Å². The number of ether oxygens (including phenoxy) is 1. The molecule has 3 N–H and O–H groups in total. The zero-order valence-electron chi connectivity index (χ0n) is 13.1. The molecule has 0 heterocycles. The van der Waals surface area contributed by atoms with Crippen LogP contribution in [0.3, 0.4) is 0 Å². The van der Waals surface area contributed by atoms with Gasteiger partial charge in [0.1, 0.15) is 0 Å². The highest BCUT2D eigenvalue weighted by Crippen LogP contribution is 2.18. The lowest BCUT2D eigenvalue weighted by Crippen LogP contribution is -2.26. The highest BCUT2D eigenvalue weighted by Gasteiger charge is 2.17. The van der Waals surface area contributed by atoms with Crippen LogP contribution in [0, 0.1) is 12.8 Å². The summed E-state index contributed by atoms with van der Waals surface area (Å²) in [6.07, 6.45) is 0.654. The fraction of sp³-hybridized carbons (Fsp3) is 0.600. The second-order valence-corrected chi connectivity index (χ2v) is 7.20. The first-order chi connectivity index (χ1) is 9.88. The molecule has 0 unspecified atom stereocenters. The Labute approximate surface area is 127 Å². The van der Waals surface area contributed by atoms with Crippen molar-refractivity contribution < 1.29 is 13.2 Å². The first kappa shape index (κ1) is 18.1. The average Bonchev–Trinajstić information content (AvgIpc) is 2.42. The molecule has 0 aliphatic heterocycles. The molecule has 0 fully saturated rings. The summed E-state index contributed by atoms with van der Waals surface area (Å²) in [4.78, 5) is 0.300. The number of nitrogens with two attached hydrogens (primary N) is 1. The van der Waals surface area contributed by atoms with Crippen molar-refractivity contribution in [1.29, 1.82) is 0 Å². The molecule has 0 atom stereocenters. The van der Waals surface area contributed by atoms with Gasteiger partial charge in [-0.25, -0.2) is 13.1 Å². The molecule has 21 heavy (non-hydrogen) atoms. The molecule has 0 aliphatic rings. The summed E-state index contributed by atoms with van der Waals surface area (Å²) in [6.45, 7) is 7.90. The Morgan fingerprint density at radius 3 is 2.67 bits per heavy atom. The first-order valence-corrected chi connectivity index (χ1v) is 8.72. The third-order valence-electron chi connectivity index (χ3n) is 3.11. The molecule has 6 heteroatoms. The van der Waals surface area contributed by atoms with E-state index in [2.05, 4.69) is 18.6 Å². The molecule has 0 spiro atoms. The van der Waals surface area contributed by atoms with Gasteiger partial charge < -0.3 is 10.5 Å². The van der Waals surface area contributed by atoms with Crippen LogP contribution in [0.25, 0.3) is 0 Å². The quantitative estimate of drug-likeness (QED) is 0.681. The van der Waals surface area contributed by atoms with Crippen LogP contribution in [-0.2, 0) is 21.3 Å². The maximum absolute atomic E-state index is 12.3. The Hall–Kier alpha value is -0.950. The highest BCUT2D eigenvalue weighted by molar-refractivity contribution is 7.89. The van der Waals surface area contributed by atoms with Gasteiger partial charge in [-0.2, -0.15) is 0 Å². The lowest BCUT2D eigenvalue weighted by atomic mass is 10.1. The van der Waals surface area contributed by atoms with E-state index in [1.54, 1.807) is 19.1 Å². The lowest BCUT2D eigenvalue weighted by molar-refractivity contribution is 0.108. The Morgan fingerprint density at radius 2 is 2.05 bits per heavy atom. The molecule has 0 saturated carbocycles. The predicted octanol–water partition coefficient (Wildman–Crippen LogP) is 1.79. The van der Waals surface area contributed by atoms with E-state index in [1.807, 2.05) is 6.07 Å². The van der Waals surface area contributed by atoms with Gasteiger partial charge in [0.25, 0.3) is 0 Å². The SMILES string of the molecule is Cc1c(CN)cccc1S(=O)(=O)NCCCOCC(C)C. The van der Waals surface area contributed by atoms with Gasteiger partial charge in [0.05, 0.1) is 4.90 Å². The van der Waals surface area contributed by atoms with Gasteiger partial charge in [0.2, 0.25) is 10.0 Å². The Bertz CT molecular complexity index is 542. The number of benzene rings is 1. The smallest absolute Gasteiger partial charge is 0.240 e. The molecule has 1 aromatic carbocycles. The van der Waals surface area contributed by atoms with E-state index in [0.717, 1.165) is 5.56 Å². The molecule has 5 nitrogen and oxygen atoms in total. The molecular formula is C15H26N2O3S. The molecule has 0 saturated heterocycles. The van der Waals surface area contributed by atoms with Gasteiger partial charge in [-0.15, -0.1) is 0 Å². The summed E-state index contributed by atoms with van der Waals surface area (Å²) in [7, 11) is -3.49. The normalized spacial score (nSPS) is 12.0. The number of rotatable bonds is 9. The van der Waals surface area contributed by atoms with Crippen molar-refractivity contribution >= 4 is 10.0 Å². The van der Waals surface area contributed by atoms with Gasteiger partial charge in [0, 0.05) is 26.3 Å². The van der Waals surface area contributed by atoms with Gasteiger partial charge >= 0.3 is 0 Å². The Balaban J connectivity index is 2.54. The molecule has 0 amide bonds. The maximum atomic E-state index is 12.3. The van der Waals surface area contributed by atoms with Crippen LogP contribution in [0.15, 0.2) is 23.1 Å². The van der Waals surface area contributed by atoms with Crippen LogP contribution in [0.4, 0.5) is 0 Å². The monoisotopic (exact) mass is 314 g/mol. The number of hydrogen-bond donors (Lipinski definition) is 2. The lowest BCUT2D eigenvalue weighted by Gasteiger charge is -2.12. The van der Waals surface area contributed by atoms with Crippen molar-refractivity contribution in [2.45, 2.75) is 38.6 Å². The van der Waals surface area contributed by atoms with Crippen molar-refractivity contribution in [3.8, 4) is 0 Å². The van der Waals surface area contributed by atoms with Crippen LogP contribution in [0.2, 0.25) is 0 Å². The van der Waals surface area contributed by atoms with Crippen LogP contribution >= 0.6 is 0 Å². The Morgan fingerprint density at radius 1 is 1.33 bits per heavy atom. The van der Waals surface area contributed by atoms with E-state index in [1.165, 1.54) is 0 Å². The molecule has 0 bridgehead atoms. The third-order valence-corrected chi connectivity index (χ3v) is 4.72. The third kappa shape index (κ3) is 5.74. The summed E-state index contributed by atoms with van der Waals surface area (Å²) >= 11 is 0. The van der Waals surface area contributed by atoms with E-state index in [-0.39, 0.29) is 0 Å². The van der Waals surface area contributed by atoms with Crippen molar-refractivity contribution in [3.63, 3.8) is 0 Å². The van der Waals surface area contributed by atoms with Crippen molar-refractivity contribution in [2.24, 2.45) is 11.7 Å². The van der Waals surface area contributed by atoms with E-state index < -0.39 is 10.0 Å². The second-order valence-electron chi connectivity index (χ2n) is 5.46. The highest BCUT2D eigenvalue weighted by atomic mass is 32.2. The van der Waals surface area contributed by atoms with Crippen LogP contribution in [0.5, 0.6) is 0 Å². The summed E-state index contributed by atoms with van der Waals surface area (Å²) < 4.78 is 32.6. The zero-order chi connectivity index (χ0) is 15.9. The van der Waals surface area contributed by atoms with Crippen LogP contribution < -0.4 is 10.5 Å². The average molecular weight is 314 g/mol. The largest absolute Gasteiger partial charge is 0.381 e. The maximum Gasteiger partial charge on any atom is 0.240 e. The molecule has 0 aromatic heterocycles. The topological polar surface area (TPSA) is 81.4 Å². The van der Waals surface area contributed by atoms with Gasteiger partial charge in [0.15, 0.2) is 0 Å². The molecule has 1 rings (SSSR count). The predicted molar refractivity (Wildman–Crippen MR) is 84.5 cm³/mol. The standard InChI is InChI=1S/C15H26N2O3S/c1-12(2)11-20-9-5-8-17-21(18,19)15-7-4-6-14(10-16)13(15)3/h4,6-7,12,17H,5,8-11,16H2,1-3H3. The van der Waals surface area contributed by atoms with Gasteiger partial charge in [-0.3, -0.25) is 0 Å². The number of sulfonamides is 1. The van der Waals surface area contributed by atoms with Crippen molar-refractivity contribution in [3.05, 3.63) is 29.3 Å². The zero-order valence-corrected chi connectivity index (χ0v) is 13.9. The van der Waals surface area contributed by atoms with E-state index in [4.69, 9.17) is 10.5 Å². The molecule has 1 aromatic rings. The molecule has 0 radical (unpaired) electrons. The summed E-state index contributed by atoms with van der Waals surface area (Å²) in [6, 6.07) is 5.16. The minimum absolute atomic E-state index is 0.300. The second kappa shape index (κ2) is 8.48. The van der Waals surface area contributed by atoms with E-state index in [0.29, 0.717) is 49.1 Å². The summed E-state index contributed by atoms with van der Waals surface area (Å²) in [5.41, 5.74) is 7.17. The number of hydrogen-bond acceptors (Lipinski definition) is 4. The minimum Gasteiger partial charge on any atom is -0.381 e. The van der Waals surface area contributed by atoms with E-state index >= 15 is 0 Å².